The second-order valence-corrected chi connectivity index (χ2v) is 4.92. The van der Waals surface area contributed by atoms with Crippen molar-refractivity contribution >= 4 is 38.9 Å². The van der Waals surface area contributed by atoms with Crippen LogP contribution in [0.1, 0.15) is 17.8 Å². The Morgan fingerprint density at radius 1 is 1.80 bits per heavy atom. The number of thiophene rings is 1. The van der Waals surface area contributed by atoms with Gasteiger partial charge in [-0.15, -0.1) is 11.3 Å². The molecule has 4 heteroatoms. The molecule has 10 heavy (non-hydrogen) atoms. The van der Waals surface area contributed by atoms with Gasteiger partial charge >= 0.3 is 0 Å². The summed E-state index contributed by atoms with van der Waals surface area (Å²) in [5.74, 6) is 0. The Morgan fingerprint density at radius 2 is 2.40 bits per heavy atom. The van der Waals surface area contributed by atoms with E-state index in [0.717, 1.165) is 13.7 Å². The summed E-state index contributed by atoms with van der Waals surface area (Å²) < 4.78 is 1.03. The molecule has 1 heterocycles. The van der Waals surface area contributed by atoms with Gasteiger partial charge in [0.25, 0.3) is 0 Å². The van der Waals surface area contributed by atoms with Crippen LogP contribution in [-0.2, 0) is 0 Å². The van der Waals surface area contributed by atoms with Crippen LogP contribution in [0.25, 0.3) is 0 Å². The summed E-state index contributed by atoms with van der Waals surface area (Å²) in [6.07, 6.45) is 0. The number of nitrogens with two attached hydrogens (primary N) is 1. The molecule has 1 aromatic rings. The molecule has 0 aliphatic heterocycles. The summed E-state index contributed by atoms with van der Waals surface area (Å²) >= 11 is 10.8. The first kappa shape index (κ1) is 8.53. The van der Waals surface area contributed by atoms with Crippen LogP contribution in [0.5, 0.6) is 0 Å². The van der Waals surface area contributed by atoms with Gasteiger partial charge in [-0.05, 0) is 28.9 Å². The maximum absolute atomic E-state index is 5.84. The Bertz CT molecular complexity index is 234. The molecule has 56 valence electrons. The van der Waals surface area contributed by atoms with E-state index < -0.39 is 0 Å². The maximum atomic E-state index is 5.84. The highest BCUT2D eigenvalue weighted by Gasteiger charge is 2.08. The van der Waals surface area contributed by atoms with E-state index in [1.165, 1.54) is 0 Å². The third-order valence-electron chi connectivity index (χ3n) is 1.10. The van der Waals surface area contributed by atoms with Crippen molar-refractivity contribution in [3.63, 3.8) is 0 Å². The molecule has 1 aromatic heterocycles. The third kappa shape index (κ3) is 1.72. The average molecular weight is 241 g/mol. The van der Waals surface area contributed by atoms with Gasteiger partial charge in [-0.25, -0.2) is 0 Å². The molecule has 0 spiro atoms. The van der Waals surface area contributed by atoms with Crippen LogP contribution in [0.4, 0.5) is 0 Å². The van der Waals surface area contributed by atoms with Crippen molar-refractivity contribution in [3.8, 4) is 0 Å². The molecule has 0 amide bonds. The van der Waals surface area contributed by atoms with Crippen LogP contribution in [0, 0.1) is 0 Å². The fraction of sp³-hybridized carbons (Fsp3) is 0.333. The first-order valence-electron chi connectivity index (χ1n) is 2.81. The molecule has 1 atom stereocenters. The van der Waals surface area contributed by atoms with Gasteiger partial charge in [-0.1, -0.05) is 11.6 Å². The lowest BCUT2D eigenvalue weighted by molar-refractivity contribution is 0.839. The maximum Gasteiger partial charge on any atom is 0.0717 e. The van der Waals surface area contributed by atoms with Crippen LogP contribution in [0.15, 0.2) is 9.85 Å². The molecule has 1 nitrogen and oxygen atoms in total. The Labute approximate surface area is 77.3 Å². The topological polar surface area (TPSA) is 26.0 Å². The van der Waals surface area contributed by atoms with Crippen molar-refractivity contribution in [3.05, 3.63) is 19.8 Å². The summed E-state index contributed by atoms with van der Waals surface area (Å²) in [5, 5.41) is 0.756. The zero-order valence-electron chi connectivity index (χ0n) is 5.40. The van der Waals surface area contributed by atoms with E-state index in [4.69, 9.17) is 17.3 Å². The predicted octanol–water partition coefficient (Wildman–Crippen LogP) is 3.18. The van der Waals surface area contributed by atoms with Crippen LogP contribution in [-0.4, -0.2) is 0 Å². The summed E-state index contributed by atoms with van der Waals surface area (Å²) in [4.78, 5) is 1.04. The van der Waals surface area contributed by atoms with Gasteiger partial charge in [0.15, 0.2) is 0 Å². The monoisotopic (exact) mass is 239 g/mol. The Morgan fingerprint density at radius 3 is 2.60 bits per heavy atom. The highest BCUT2D eigenvalue weighted by molar-refractivity contribution is 9.11. The predicted molar refractivity (Wildman–Crippen MR) is 49.6 cm³/mol. The minimum atomic E-state index is 0.0313. The smallest absolute Gasteiger partial charge is 0.0717 e. The van der Waals surface area contributed by atoms with E-state index in [-0.39, 0.29) is 6.04 Å². The number of hydrogen-bond donors (Lipinski definition) is 1. The van der Waals surface area contributed by atoms with Crippen molar-refractivity contribution in [2.45, 2.75) is 13.0 Å². The zero-order valence-corrected chi connectivity index (χ0v) is 8.55. The number of halogens is 2. The van der Waals surface area contributed by atoms with E-state index in [0.29, 0.717) is 0 Å². The molecule has 0 aliphatic carbocycles. The standard InChI is InChI=1S/C6H7BrClNS/c1-3(9)6-4(8)2-5(7)10-6/h2-3H,9H2,1H3. The molecule has 0 aromatic carbocycles. The Kier molecular flexibility index (Phi) is 2.74. The highest BCUT2D eigenvalue weighted by atomic mass is 79.9. The summed E-state index contributed by atoms with van der Waals surface area (Å²) in [5.41, 5.74) is 5.63. The van der Waals surface area contributed by atoms with Gasteiger partial charge in [0, 0.05) is 10.9 Å². The summed E-state index contributed by atoms with van der Waals surface area (Å²) in [7, 11) is 0. The molecular formula is C6H7BrClNS. The lowest BCUT2D eigenvalue weighted by atomic mass is 10.3. The van der Waals surface area contributed by atoms with Crippen LogP contribution < -0.4 is 5.73 Å². The summed E-state index contributed by atoms with van der Waals surface area (Å²) in [6, 6.07) is 1.90. The van der Waals surface area contributed by atoms with E-state index in [2.05, 4.69) is 15.9 Å². The minimum absolute atomic E-state index is 0.0313. The fourth-order valence-corrected chi connectivity index (χ4v) is 2.74. The molecule has 0 bridgehead atoms. The summed E-state index contributed by atoms with van der Waals surface area (Å²) in [6.45, 7) is 1.92. The van der Waals surface area contributed by atoms with Crippen LogP contribution in [0.3, 0.4) is 0 Å². The second-order valence-electron chi connectivity index (χ2n) is 2.05. The second kappa shape index (κ2) is 3.22. The van der Waals surface area contributed by atoms with E-state index in [9.17, 15) is 0 Å². The molecule has 0 aliphatic rings. The minimum Gasteiger partial charge on any atom is -0.323 e. The van der Waals surface area contributed by atoms with Crippen molar-refractivity contribution < 1.29 is 0 Å². The van der Waals surface area contributed by atoms with Gasteiger partial charge in [-0.3, -0.25) is 0 Å². The van der Waals surface area contributed by atoms with E-state index in [1.807, 2.05) is 13.0 Å². The first-order chi connectivity index (χ1) is 4.61. The quantitative estimate of drug-likeness (QED) is 0.802. The van der Waals surface area contributed by atoms with Gasteiger partial charge in [0.1, 0.15) is 0 Å². The van der Waals surface area contributed by atoms with Gasteiger partial charge in [0.05, 0.1) is 8.81 Å². The molecule has 0 radical (unpaired) electrons. The van der Waals surface area contributed by atoms with Crippen molar-refractivity contribution in [2.24, 2.45) is 5.73 Å². The molecular weight excluding hydrogens is 233 g/mol. The molecule has 1 rings (SSSR count). The molecule has 2 N–H and O–H groups in total. The van der Waals surface area contributed by atoms with Crippen molar-refractivity contribution in [1.82, 2.24) is 0 Å². The van der Waals surface area contributed by atoms with Gasteiger partial charge in [0.2, 0.25) is 0 Å². The Balaban J connectivity index is 3.03. The van der Waals surface area contributed by atoms with Crippen molar-refractivity contribution in [1.29, 1.82) is 0 Å². The average Bonchev–Trinajstić information content (AvgIpc) is 2.10. The van der Waals surface area contributed by atoms with E-state index in [1.54, 1.807) is 11.3 Å². The number of hydrogen-bond acceptors (Lipinski definition) is 2. The zero-order chi connectivity index (χ0) is 7.72. The first-order valence-corrected chi connectivity index (χ1v) is 4.80. The fourth-order valence-electron chi connectivity index (χ4n) is 0.664. The molecule has 0 saturated heterocycles. The van der Waals surface area contributed by atoms with Gasteiger partial charge < -0.3 is 5.73 Å². The number of rotatable bonds is 1. The normalized spacial score (nSPS) is 13.6. The third-order valence-corrected chi connectivity index (χ3v) is 3.36. The molecule has 1 unspecified atom stereocenters. The van der Waals surface area contributed by atoms with E-state index >= 15 is 0 Å². The van der Waals surface area contributed by atoms with Crippen molar-refractivity contribution in [2.75, 3.05) is 0 Å². The molecule has 0 fully saturated rings. The molecule has 0 saturated carbocycles. The lowest BCUT2D eigenvalue weighted by Crippen LogP contribution is -2.02. The lowest BCUT2D eigenvalue weighted by Gasteiger charge is -1.99. The Hall–Kier alpha value is 0.430. The van der Waals surface area contributed by atoms with Crippen LogP contribution in [0.2, 0.25) is 5.02 Å². The largest absolute Gasteiger partial charge is 0.323 e. The SMILES string of the molecule is CC(N)c1sc(Br)cc1Cl. The highest BCUT2D eigenvalue weighted by Crippen LogP contribution is 2.33. The van der Waals surface area contributed by atoms with Crippen LogP contribution >= 0.6 is 38.9 Å². The van der Waals surface area contributed by atoms with Gasteiger partial charge in [-0.2, -0.15) is 0 Å².